The fraction of sp³-hybridized carbons (Fsp3) is 0.294. The van der Waals surface area contributed by atoms with E-state index in [9.17, 15) is 0 Å². The van der Waals surface area contributed by atoms with E-state index in [4.69, 9.17) is 4.74 Å². The summed E-state index contributed by atoms with van der Waals surface area (Å²) in [5.41, 5.74) is 3.62. The molecule has 19 heavy (non-hydrogen) atoms. The maximum Gasteiger partial charge on any atom is 0.142 e. The molecule has 0 fully saturated rings. The van der Waals surface area contributed by atoms with Gasteiger partial charge in [-0.2, -0.15) is 0 Å². The number of para-hydroxylation sites is 2. The highest BCUT2D eigenvalue weighted by molar-refractivity contribution is 5.56. The van der Waals surface area contributed by atoms with E-state index in [0.29, 0.717) is 0 Å². The number of aryl methyl sites for hydroxylation is 1. The zero-order valence-electron chi connectivity index (χ0n) is 11.6. The lowest BCUT2D eigenvalue weighted by Crippen LogP contribution is -2.03. The minimum absolute atomic E-state index is 0.753. The molecule has 0 bridgehead atoms. The lowest BCUT2D eigenvalue weighted by atomic mass is 10.1. The Morgan fingerprint density at radius 3 is 2.68 bits per heavy atom. The van der Waals surface area contributed by atoms with Crippen molar-refractivity contribution in [2.24, 2.45) is 0 Å². The molecule has 2 aromatic carbocycles. The number of ether oxygens (including phenoxy) is 1. The molecular weight excluding hydrogens is 234 g/mol. The number of hydrogen-bond donors (Lipinski definition) is 1. The second-order valence-electron chi connectivity index (χ2n) is 4.69. The summed E-state index contributed by atoms with van der Waals surface area (Å²) in [6.07, 6.45) is 1.02. The summed E-state index contributed by atoms with van der Waals surface area (Å²) in [7, 11) is 0. The van der Waals surface area contributed by atoms with Gasteiger partial charge in [-0.15, -0.1) is 0 Å². The van der Waals surface area contributed by atoms with Gasteiger partial charge in [-0.1, -0.05) is 48.9 Å². The average molecular weight is 255 g/mol. The molecule has 2 rings (SSSR count). The molecule has 2 aromatic rings. The largest absolute Gasteiger partial charge is 0.491 e. The van der Waals surface area contributed by atoms with Crippen LogP contribution < -0.4 is 10.1 Å². The minimum atomic E-state index is 0.753. The van der Waals surface area contributed by atoms with Gasteiger partial charge in [0, 0.05) is 6.54 Å². The van der Waals surface area contributed by atoms with Crippen molar-refractivity contribution in [2.75, 3.05) is 11.9 Å². The van der Waals surface area contributed by atoms with Crippen molar-refractivity contribution in [1.82, 2.24) is 0 Å². The number of anilines is 1. The van der Waals surface area contributed by atoms with E-state index in [1.54, 1.807) is 0 Å². The van der Waals surface area contributed by atoms with Crippen LogP contribution in [-0.4, -0.2) is 6.61 Å². The summed E-state index contributed by atoms with van der Waals surface area (Å²) in [6.45, 7) is 5.79. The molecule has 0 amide bonds. The molecule has 0 spiro atoms. The first-order chi connectivity index (χ1) is 9.29. The second-order valence-corrected chi connectivity index (χ2v) is 4.69. The van der Waals surface area contributed by atoms with E-state index in [0.717, 1.165) is 31.0 Å². The first-order valence-corrected chi connectivity index (χ1v) is 6.81. The fourth-order valence-electron chi connectivity index (χ4n) is 1.97. The Labute approximate surface area is 115 Å². The molecule has 0 aliphatic rings. The summed E-state index contributed by atoms with van der Waals surface area (Å²) in [6, 6.07) is 16.6. The van der Waals surface area contributed by atoms with E-state index in [2.05, 4.69) is 49.5 Å². The maximum atomic E-state index is 5.74. The van der Waals surface area contributed by atoms with Crippen molar-refractivity contribution in [3.8, 4) is 5.75 Å². The Morgan fingerprint density at radius 2 is 1.89 bits per heavy atom. The second kappa shape index (κ2) is 6.83. The van der Waals surface area contributed by atoms with Gasteiger partial charge in [-0.25, -0.2) is 0 Å². The molecular formula is C17H21NO. The normalized spacial score (nSPS) is 10.2. The van der Waals surface area contributed by atoms with Crippen molar-refractivity contribution in [3.63, 3.8) is 0 Å². The fourth-order valence-corrected chi connectivity index (χ4v) is 1.97. The van der Waals surface area contributed by atoms with Crippen LogP contribution in [0.4, 0.5) is 5.69 Å². The van der Waals surface area contributed by atoms with Gasteiger partial charge < -0.3 is 10.1 Å². The molecule has 2 heteroatoms. The van der Waals surface area contributed by atoms with Gasteiger partial charge in [0.05, 0.1) is 12.3 Å². The molecule has 100 valence electrons. The summed E-state index contributed by atoms with van der Waals surface area (Å²) in [5.74, 6) is 0.928. The van der Waals surface area contributed by atoms with Crippen LogP contribution in [0.2, 0.25) is 0 Å². The van der Waals surface area contributed by atoms with E-state index in [1.807, 2.05) is 18.2 Å². The van der Waals surface area contributed by atoms with Crippen LogP contribution in [0, 0.1) is 6.92 Å². The summed E-state index contributed by atoms with van der Waals surface area (Å²) in [4.78, 5) is 0. The number of benzene rings is 2. The van der Waals surface area contributed by atoms with Crippen molar-refractivity contribution < 1.29 is 4.74 Å². The van der Waals surface area contributed by atoms with Crippen LogP contribution >= 0.6 is 0 Å². The van der Waals surface area contributed by atoms with E-state index >= 15 is 0 Å². The Balaban J connectivity index is 2.02. The van der Waals surface area contributed by atoms with Crippen molar-refractivity contribution in [1.29, 1.82) is 0 Å². The monoisotopic (exact) mass is 255 g/mol. The van der Waals surface area contributed by atoms with Crippen LogP contribution in [0.5, 0.6) is 5.75 Å². The Morgan fingerprint density at radius 1 is 1.05 bits per heavy atom. The third kappa shape index (κ3) is 4.02. The Bertz CT molecular complexity index is 522. The highest BCUT2D eigenvalue weighted by Gasteiger charge is 2.02. The molecule has 0 saturated carbocycles. The number of hydrogen-bond acceptors (Lipinski definition) is 2. The predicted octanol–water partition coefficient (Wildman–Crippen LogP) is 4.40. The number of nitrogens with one attached hydrogen (secondary N) is 1. The van der Waals surface area contributed by atoms with Crippen LogP contribution in [0.1, 0.15) is 24.5 Å². The van der Waals surface area contributed by atoms with Crippen molar-refractivity contribution >= 4 is 5.69 Å². The highest BCUT2D eigenvalue weighted by atomic mass is 16.5. The van der Waals surface area contributed by atoms with Gasteiger partial charge in [-0.05, 0) is 31.0 Å². The smallest absolute Gasteiger partial charge is 0.142 e. The van der Waals surface area contributed by atoms with Gasteiger partial charge in [0.2, 0.25) is 0 Å². The standard InChI is InChI=1S/C17H21NO/c1-3-11-19-17-10-5-4-9-16(17)18-13-15-8-6-7-14(2)12-15/h4-10,12,18H,3,11,13H2,1-2H3. The minimum Gasteiger partial charge on any atom is -0.491 e. The SMILES string of the molecule is CCCOc1ccccc1NCc1cccc(C)c1. The summed E-state index contributed by atoms with van der Waals surface area (Å²) >= 11 is 0. The molecule has 2 nitrogen and oxygen atoms in total. The molecule has 0 radical (unpaired) electrons. The van der Waals surface area contributed by atoms with Gasteiger partial charge in [0.25, 0.3) is 0 Å². The van der Waals surface area contributed by atoms with Crippen LogP contribution in [0.15, 0.2) is 48.5 Å². The molecule has 0 heterocycles. The van der Waals surface area contributed by atoms with Crippen molar-refractivity contribution in [2.45, 2.75) is 26.8 Å². The Kier molecular flexibility index (Phi) is 4.85. The zero-order valence-corrected chi connectivity index (χ0v) is 11.6. The van der Waals surface area contributed by atoms with E-state index < -0.39 is 0 Å². The summed E-state index contributed by atoms with van der Waals surface area (Å²) < 4.78 is 5.74. The molecule has 0 aliphatic carbocycles. The van der Waals surface area contributed by atoms with Gasteiger partial charge in [-0.3, -0.25) is 0 Å². The third-order valence-electron chi connectivity index (χ3n) is 2.91. The predicted molar refractivity (Wildman–Crippen MR) is 80.7 cm³/mol. The topological polar surface area (TPSA) is 21.3 Å². The number of rotatable bonds is 6. The lowest BCUT2D eigenvalue weighted by Gasteiger charge is -2.13. The van der Waals surface area contributed by atoms with E-state index in [-0.39, 0.29) is 0 Å². The van der Waals surface area contributed by atoms with Crippen LogP contribution in [0.25, 0.3) is 0 Å². The zero-order chi connectivity index (χ0) is 13.5. The molecule has 1 N–H and O–H groups in total. The third-order valence-corrected chi connectivity index (χ3v) is 2.91. The molecule has 0 aromatic heterocycles. The molecule has 0 atom stereocenters. The maximum absolute atomic E-state index is 5.74. The van der Waals surface area contributed by atoms with Gasteiger partial charge in [0.1, 0.15) is 5.75 Å². The van der Waals surface area contributed by atoms with Gasteiger partial charge in [0.15, 0.2) is 0 Å². The van der Waals surface area contributed by atoms with Crippen LogP contribution in [0.3, 0.4) is 0 Å². The molecule has 0 aliphatic heterocycles. The average Bonchev–Trinajstić information content (AvgIpc) is 2.44. The van der Waals surface area contributed by atoms with Crippen molar-refractivity contribution in [3.05, 3.63) is 59.7 Å². The highest BCUT2D eigenvalue weighted by Crippen LogP contribution is 2.24. The van der Waals surface area contributed by atoms with Crippen LogP contribution in [-0.2, 0) is 6.54 Å². The Hall–Kier alpha value is -1.96. The summed E-state index contributed by atoms with van der Waals surface area (Å²) in [5, 5.41) is 3.44. The van der Waals surface area contributed by atoms with E-state index in [1.165, 1.54) is 11.1 Å². The van der Waals surface area contributed by atoms with Gasteiger partial charge >= 0.3 is 0 Å². The molecule has 0 unspecified atom stereocenters. The first kappa shape index (κ1) is 13.5. The first-order valence-electron chi connectivity index (χ1n) is 6.81. The quantitative estimate of drug-likeness (QED) is 0.826. The lowest BCUT2D eigenvalue weighted by molar-refractivity contribution is 0.319. The molecule has 0 saturated heterocycles.